The minimum Gasteiger partial charge on any atom is -0.444 e. The molecule has 0 radical (unpaired) electrons. The van der Waals surface area contributed by atoms with E-state index in [4.69, 9.17) is 4.74 Å². The average Bonchev–Trinajstić information content (AvgIpc) is 3.29. The number of nitrogens with one attached hydrogen (secondary N) is 2. The van der Waals surface area contributed by atoms with Gasteiger partial charge in [0.1, 0.15) is 11.2 Å². The molecule has 0 aliphatic carbocycles. The molecule has 0 atom stereocenters. The monoisotopic (exact) mass is 467 g/mol. The molecule has 0 spiro atoms. The van der Waals surface area contributed by atoms with Gasteiger partial charge in [-0.3, -0.25) is 4.98 Å². The van der Waals surface area contributed by atoms with Gasteiger partial charge in [-0.25, -0.2) is 9.78 Å². The van der Waals surface area contributed by atoms with E-state index in [2.05, 4.69) is 56.7 Å². The topological polar surface area (TPSA) is 83.1 Å². The normalized spacial score (nSPS) is 14.0. The number of benzene rings is 1. The summed E-state index contributed by atoms with van der Waals surface area (Å²) >= 11 is 0. The molecule has 0 unspecified atom stereocenters. The molecule has 1 amide bonds. The fraction of sp³-hybridized carbons (Fsp3) is 0.250. The Kier molecular flexibility index (Phi) is 5.99. The molecule has 4 heterocycles. The zero-order valence-corrected chi connectivity index (χ0v) is 20.2. The minimum atomic E-state index is -0.495. The predicted molar refractivity (Wildman–Crippen MR) is 139 cm³/mol. The molecule has 0 fully saturated rings. The van der Waals surface area contributed by atoms with Crippen LogP contribution in [0.1, 0.15) is 32.9 Å². The van der Waals surface area contributed by atoms with Crippen molar-refractivity contribution in [1.82, 2.24) is 19.9 Å². The van der Waals surface area contributed by atoms with Gasteiger partial charge >= 0.3 is 6.09 Å². The van der Waals surface area contributed by atoms with Crippen molar-refractivity contribution < 1.29 is 9.53 Å². The number of nitrogens with zero attached hydrogens (tertiary/aromatic N) is 3. The van der Waals surface area contributed by atoms with Gasteiger partial charge in [0.25, 0.3) is 0 Å². The Balaban J connectivity index is 1.36. The highest BCUT2D eigenvalue weighted by Gasteiger charge is 2.24. The zero-order valence-electron chi connectivity index (χ0n) is 20.2. The lowest BCUT2D eigenvalue weighted by molar-refractivity contribution is 0.0270. The van der Waals surface area contributed by atoms with Crippen molar-refractivity contribution >= 4 is 34.1 Å². The van der Waals surface area contributed by atoms with E-state index >= 15 is 0 Å². The molecule has 0 bridgehead atoms. The Hall–Kier alpha value is -4.13. The Morgan fingerprint density at radius 2 is 1.94 bits per heavy atom. The van der Waals surface area contributed by atoms with Gasteiger partial charge in [0.2, 0.25) is 0 Å². The smallest absolute Gasteiger partial charge is 0.410 e. The second-order valence-corrected chi connectivity index (χ2v) is 9.66. The molecule has 2 N–H and O–H groups in total. The van der Waals surface area contributed by atoms with Crippen LogP contribution in [-0.4, -0.2) is 44.6 Å². The summed E-state index contributed by atoms with van der Waals surface area (Å²) in [5, 5.41) is 4.57. The van der Waals surface area contributed by atoms with Gasteiger partial charge in [-0.05, 0) is 68.7 Å². The summed E-state index contributed by atoms with van der Waals surface area (Å²) in [4.78, 5) is 26.3. The number of rotatable bonds is 4. The number of H-pyrrole nitrogens is 1. The van der Waals surface area contributed by atoms with Crippen molar-refractivity contribution in [3.05, 3.63) is 78.9 Å². The lowest BCUT2D eigenvalue weighted by Gasteiger charge is -2.29. The van der Waals surface area contributed by atoms with Gasteiger partial charge in [0, 0.05) is 54.0 Å². The van der Waals surface area contributed by atoms with Gasteiger partial charge in [-0.1, -0.05) is 24.3 Å². The van der Waals surface area contributed by atoms with E-state index < -0.39 is 5.60 Å². The van der Waals surface area contributed by atoms with Crippen LogP contribution < -0.4 is 5.32 Å². The highest BCUT2D eigenvalue weighted by Crippen LogP contribution is 2.31. The summed E-state index contributed by atoms with van der Waals surface area (Å²) < 4.78 is 5.50. The van der Waals surface area contributed by atoms with Crippen LogP contribution in [0.15, 0.2) is 73.2 Å². The third-order valence-electron chi connectivity index (χ3n) is 5.88. The van der Waals surface area contributed by atoms with Gasteiger partial charge in [-0.15, -0.1) is 0 Å². The number of amides is 1. The second-order valence-electron chi connectivity index (χ2n) is 9.66. The van der Waals surface area contributed by atoms with Crippen molar-refractivity contribution in [1.29, 1.82) is 0 Å². The third-order valence-corrected chi connectivity index (χ3v) is 5.88. The standard InChI is InChI=1S/C28H29N5O2/c1-28(2,3)35-27(34)33-14-10-19(11-15-33)25-17-23-24(9-13-30-26(23)32-25)31-22-8-4-6-20(16-22)21-7-5-12-29-18-21/h4-10,12-13,16-18H,11,14-15H2,1-3H3,(H2,30,31,32). The summed E-state index contributed by atoms with van der Waals surface area (Å²) in [6.07, 6.45) is 8.01. The van der Waals surface area contributed by atoms with Crippen LogP contribution in [0.5, 0.6) is 0 Å². The summed E-state index contributed by atoms with van der Waals surface area (Å²) in [6, 6.07) is 16.4. The van der Waals surface area contributed by atoms with E-state index in [-0.39, 0.29) is 6.09 Å². The first-order valence-electron chi connectivity index (χ1n) is 11.8. The van der Waals surface area contributed by atoms with Gasteiger partial charge in [0.15, 0.2) is 0 Å². The highest BCUT2D eigenvalue weighted by atomic mass is 16.6. The SMILES string of the molecule is CC(C)(C)OC(=O)N1CC=C(c2cc3c(Nc4cccc(-c5cccnc5)c4)ccnc3[nH]2)CC1. The van der Waals surface area contributed by atoms with Crippen molar-refractivity contribution in [2.24, 2.45) is 0 Å². The number of aromatic nitrogens is 3. The Morgan fingerprint density at radius 1 is 1.09 bits per heavy atom. The molecular weight excluding hydrogens is 438 g/mol. The van der Waals surface area contributed by atoms with Crippen LogP contribution in [-0.2, 0) is 4.74 Å². The van der Waals surface area contributed by atoms with Crippen molar-refractivity contribution in [2.75, 3.05) is 18.4 Å². The first-order chi connectivity index (χ1) is 16.9. The lowest BCUT2D eigenvalue weighted by atomic mass is 10.0. The number of hydrogen-bond donors (Lipinski definition) is 2. The molecule has 7 nitrogen and oxygen atoms in total. The number of carbonyl (C=O) groups is 1. The van der Waals surface area contributed by atoms with Crippen LogP contribution in [0.25, 0.3) is 27.7 Å². The number of hydrogen-bond acceptors (Lipinski definition) is 5. The summed E-state index contributed by atoms with van der Waals surface area (Å²) in [5.74, 6) is 0. The number of pyridine rings is 2. The molecule has 178 valence electrons. The fourth-order valence-electron chi connectivity index (χ4n) is 4.18. The maximum atomic E-state index is 12.4. The molecule has 35 heavy (non-hydrogen) atoms. The molecule has 4 aromatic rings. The molecule has 1 aliphatic rings. The van der Waals surface area contributed by atoms with Crippen LogP contribution in [0.2, 0.25) is 0 Å². The third kappa shape index (κ3) is 5.19. The number of ether oxygens (including phenoxy) is 1. The summed E-state index contributed by atoms with van der Waals surface area (Å²) in [6.45, 7) is 6.80. The first-order valence-corrected chi connectivity index (χ1v) is 11.8. The molecule has 5 rings (SSSR count). The lowest BCUT2D eigenvalue weighted by Crippen LogP contribution is -2.39. The van der Waals surface area contributed by atoms with Crippen molar-refractivity contribution in [3.8, 4) is 11.1 Å². The maximum Gasteiger partial charge on any atom is 0.410 e. The first kappa shape index (κ1) is 22.7. The molecule has 1 aliphatic heterocycles. The Bertz CT molecular complexity index is 1390. The Labute approximate surface area is 204 Å². The minimum absolute atomic E-state index is 0.272. The quantitative estimate of drug-likeness (QED) is 0.363. The van der Waals surface area contributed by atoms with Crippen LogP contribution in [0, 0.1) is 0 Å². The van der Waals surface area contributed by atoms with Gasteiger partial charge in [-0.2, -0.15) is 0 Å². The summed E-state index contributed by atoms with van der Waals surface area (Å²) in [7, 11) is 0. The van der Waals surface area contributed by atoms with Crippen LogP contribution in [0.4, 0.5) is 16.2 Å². The largest absolute Gasteiger partial charge is 0.444 e. The van der Waals surface area contributed by atoms with E-state index in [1.165, 1.54) is 5.57 Å². The van der Waals surface area contributed by atoms with E-state index in [9.17, 15) is 4.79 Å². The van der Waals surface area contributed by atoms with Crippen LogP contribution >= 0.6 is 0 Å². The number of anilines is 2. The number of aromatic amines is 1. The molecular formula is C28H29N5O2. The van der Waals surface area contributed by atoms with E-state index in [1.807, 2.05) is 45.2 Å². The van der Waals surface area contributed by atoms with Gasteiger partial charge < -0.3 is 19.9 Å². The average molecular weight is 468 g/mol. The molecule has 0 saturated heterocycles. The zero-order chi connectivity index (χ0) is 24.4. The van der Waals surface area contributed by atoms with E-state index in [0.717, 1.165) is 45.6 Å². The second kappa shape index (κ2) is 9.25. The summed E-state index contributed by atoms with van der Waals surface area (Å²) in [5.41, 5.74) is 6.67. The number of carbonyl (C=O) groups excluding carboxylic acids is 1. The maximum absolute atomic E-state index is 12.4. The van der Waals surface area contributed by atoms with E-state index in [0.29, 0.717) is 13.1 Å². The van der Waals surface area contributed by atoms with Crippen molar-refractivity contribution in [2.45, 2.75) is 32.8 Å². The number of fused-ring (bicyclic) bond motifs is 1. The highest BCUT2D eigenvalue weighted by molar-refractivity contribution is 5.94. The predicted octanol–water partition coefficient (Wildman–Crippen LogP) is 6.39. The van der Waals surface area contributed by atoms with Crippen LogP contribution in [0.3, 0.4) is 0 Å². The van der Waals surface area contributed by atoms with Crippen molar-refractivity contribution in [3.63, 3.8) is 0 Å². The van der Waals surface area contributed by atoms with Gasteiger partial charge in [0.05, 0.1) is 5.69 Å². The Morgan fingerprint density at radius 3 is 2.69 bits per heavy atom. The molecule has 3 aromatic heterocycles. The van der Waals surface area contributed by atoms with E-state index in [1.54, 1.807) is 17.3 Å². The molecule has 0 saturated carbocycles. The molecule has 7 heteroatoms. The fourth-order valence-corrected chi connectivity index (χ4v) is 4.18. The molecule has 1 aromatic carbocycles.